The Hall–Kier alpha value is -10.1. The summed E-state index contributed by atoms with van der Waals surface area (Å²) in [5.41, 5.74) is 4.72. The quantitative estimate of drug-likeness (QED) is 0.0315. The molecule has 16 rings (SSSR count). The number of ether oxygens (including phenoxy) is 5. The third-order valence-electron chi connectivity index (χ3n) is 23.1. The number of aliphatic hydroxyl groups is 5. The lowest BCUT2D eigenvalue weighted by atomic mass is 9.54. The molecule has 0 spiro atoms. The number of fused-ring (bicyclic) bond motifs is 15. The lowest BCUT2D eigenvalue weighted by Crippen LogP contribution is -2.61. The van der Waals surface area contributed by atoms with Crippen LogP contribution in [0, 0.1) is 29.6 Å². The van der Waals surface area contributed by atoms with Crippen LogP contribution >= 0.6 is 23.2 Å². The molecule has 31 nitrogen and oxygen atoms in total. The van der Waals surface area contributed by atoms with Crippen LogP contribution in [-0.4, -0.2) is 169 Å². The van der Waals surface area contributed by atoms with Crippen molar-refractivity contribution in [3.63, 3.8) is 0 Å². The number of carbonyl (C=O) groups is 8. The summed E-state index contributed by atoms with van der Waals surface area (Å²) in [6.07, 6.45) is -3.07. The maximum atomic E-state index is 16.3. The summed E-state index contributed by atoms with van der Waals surface area (Å²) in [6.45, 7) is 6.45. The van der Waals surface area contributed by atoms with Crippen LogP contribution in [0.1, 0.15) is 168 Å². The van der Waals surface area contributed by atoms with Gasteiger partial charge in [-0.15, -0.1) is 0 Å². The second-order valence-corrected chi connectivity index (χ2v) is 32.8. The van der Waals surface area contributed by atoms with Gasteiger partial charge < -0.3 is 118 Å². The summed E-state index contributed by atoms with van der Waals surface area (Å²) < 4.78 is 32.4. The zero-order valence-corrected chi connectivity index (χ0v) is 66.4. The number of likely N-dealkylation sites (N-methyl/N-ethyl adjacent to an activating group) is 1. The molecule has 0 aromatic heterocycles. The lowest BCUT2D eigenvalue weighted by Gasteiger charge is -2.54. The molecule has 15 bridgehead atoms. The van der Waals surface area contributed by atoms with Crippen LogP contribution in [0.4, 0.5) is 0 Å². The number of phenols is 3. The van der Waals surface area contributed by atoms with Crippen molar-refractivity contribution < 1.29 is 103 Å². The van der Waals surface area contributed by atoms with Crippen LogP contribution in [0.15, 0.2) is 103 Å². The van der Waals surface area contributed by atoms with Gasteiger partial charge in [-0.1, -0.05) is 106 Å². The summed E-state index contributed by atoms with van der Waals surface area (Å²) in [4.78, 5) is 121. The van der Waals surface area contributed by atoms with Crippen LogP contribution in [-0.2, 0) is 49.6 Å². The molecular formula is C84H100Cl2N10O21. The number of primary amides is 1. The van der Waals surface area contributed by atoms with E-state index in [-0.39, 0.29) is 98.2 Å². The molecule has 6 heterocycles. The summed E-state index contributed by atoms with van der Waals surface area (Å²) in [5.74, 6) is -11.9. The van der Waals surface area contributed by atoms with Crippen molar-refractivity contribution in [3.05, 3.63) is 147 Å². The molecule has 626 valence electrons. The first-order chi connectivity index (χ1) is 56.0. The Bertz CT molecular complexity index is 4680. The minimum Gasteiger partial charge on any atom is -0.508 e. The highest BCUT2D eigenvalue weighted by atomic mass is 35.5. The normalized spacial score (nSPS) is 27.7. The standard InChI is InChI=1S/C84H100Cl2N10O21/c1-5-6-7-8-9-10-21-113-49-16-11-39(12-17-49)36-89-37-62-73(103)74(104)75(105)84(116-62)117-76-60-31-47-32-61(76)115-59-20-15-44(30-53(59)86)72(102)70-83(112)94-68(81(110)91-65-45-24-40-23-41(26-45)27-46(65)25-40)51-33-48(97)34-57(99)64(51)50-28-42(13-18-56(50)98)66(79(108)96-70)93-80(109)67(47)92-78(107)55(35-63(87)100)90-82(111)69(95-77(106)54(88-4)22-38(2)3)71(101)43-14-19-58(114-60)52(85)29-43/h11-20,28-34,38,40-41,45-46,54-55,62,65-75,84,88-89,97-99,101-105H,5-10,21-27,35-37H2,1-4H3,(H2,87,100)(H,90,111)(H,91,110)(H,92,107)(H,93,109)(H,94,112)(H,95,106)(H,96,108)/t40?,41?,45?,46?,54-,55+,62+,65?,66-,67-,68+,69-,70+,71-,72-,73+,74-,75+,84-/m1/s1. The fourth-order valence-electron chi connectivity index (χ4n) is 17.3. The number of aromatic hydroxyl groups is 3. The summed E-state index contributed by atoms with van der Waals surface area (Å²) in [5, 5.41) is 120. The van der Waals surface area contributed by atoms with Crippen molar-refractivity contribution in [1.29, 1.82) is 0 Å². The first-order valence-electron chi connectivity index (χ1n) is 39.8. The Morgan fingerprint density at radius 2 is 1.23 bits per heavy atom. The number of amides is 8. The zero-order chi connectivity index (χ0) is 83.4. The van der Waals surface area contributed by atoms with E-state index in [0.29, 0.717) is 24.2 Å². The van der Waals surface area contributed by atoms with E-state index in [1.54, 1.807) is 0 Å². The van der Waals surface area contributed by atoms with Crippen molar-refractivity contribution in [3.8, 4) is 62.9 Å². The van der Waals surface area contributed by atoms with Crippen LogP contribution < -0.4 is 72.5 Å². The Kier molecular flexibility index (Phi) is 26.7. The number of carbonyl (C=O) groups excluding carboxylic acids is 8. The molecule has 8 amide bonds. The van der Waals surface area contributed by atoms with Gasteiger partial charge in [0.2, 0.25) is 59.3 Å². The van der Waals surface area contributed by atoms with Crippen LogP contribution in [0.5, 0.6) is 51.7 Å². The number of rotatable bonds is 23. The van der Waals surface area contributed by atoms with Gasteiger partial charge in [0.15, 0.2) is 11.5 Å². The Morgan fingerprint density at radius 3 is 1.86 bits per heavy atom. The van der Waals surface area contributed by atoms with E-state index in [2.05, 4.69) is 54.8 Å². The Morgan fingerprint density at radius 1 is 0.615 bits per heavy atom. The summed E-state index contributed by atoms with van der Waals surface area (Å²) >= 11 is 14.4. The smallest absolute Gasteiger partial charge is 0.248 e. The molecule has 1 saturated heterocycles. The third-order valence-corrected chi connectivity index (χ3v) is 23.7. The first-order valence-corrected chi connectivity index (χ1v) is 40.5. The van der Waals surface area contributed by atoms with E-state index < -0.39 is 179 Å². The number of unbranched alkanes of at least 4 members (excludes halogenated alkanes) is 5. The number of hydrogen-bond donors (Lipinski definition) is 18. The first kappa shape index (κ1) is 84.8. The zero-order valence-electron chi connectivity index (χ0n) is 64.9. The Labute approximate surface area is 684 Å². The van der Waals surface area contributed by atoms with Gasteiger partial charge in [-0.05, 0) is 182 Å². The van der Waals surface area contributed by atoms with E-state index in [1.807, 2.05) is 38.1 Å². The van der Waals surface area contributed by atoms with Crippen LogP contribution in [0.25, 0.3) is 11.1 Å². The average molecular weight is 1660 g/mol. The molecular weight excluding hydrogens is 1560 g/mol. The molecule has 6 aliphatic heterocycles. The average Bonchev–Trinajstić information content (AvgIpc) is 0.763. The highest BCUT2D eigenvalue weighted by Gasteiger charge is 2.51. The molecule has 4 aliphatic carbocycles. The Balaban J connectivity index is 0.942. The number of benzene rings is 6. The highest BCUT2D eigenvalue weighted by molar-refractivity contribution is 6.32. The molecule has 0 radical (unpaired) electrons. The number of halogens is 2. The van der Waals surface area contributed by atoms with E-state index in [9.17, 15) is 55.2 Å². The number of nitrogens with two attached hydrogens (primary N) is 1. The molecule has 33 heteroatoms. The maximum Gasteiger partial charge on any atom is 0.248 e. The van der Waals surface area contributed by atoms with Crippen molar-refractivity contribution in [2.24, 2.45) is 35.3 Å². The van der Waals surface area contributed by atoms with Gasteiger partial charge in [0.1, 0.15) is 107 Å². The second kappa shape index (κ2) is 36.8. The van der Waals surface area contributed by atoms with Gasteiger partial charge in [0.05, 0.1) is 29.1 Å². The maximum absolute atomic E-state index is 16.3. The van der Waals surface area contributed by atoms with Crippen LogP contribution in [0.2, 0.25) is 10.0 Å². The number of aliphatic hydroxyl groups excluding tert-OH is 5. The number of nitrogens with one attached hydrogen (secondary N) is 9. The van der Waals surface area contributed by atoms with E-state index in [4.69, 9.17) is 52.6 Å². The molecule has 5 fully saturated rings. The molecule has 4 saturated carbocycles. The van der Waals surface area contributed by atoms with Gasteiger partial charge in [-0.3, -0.25) is 38.4 Å². The lowest BCUT2D eigenvalue weighted by molar-refractivity contribution is -0.271. The van der Waals surface area contributed by atoms with Crippen molar-refractivity contribution in [2.45, 2.75) is 202 Å². The fraction of sp³-hybridized carbons (Fsp3) is 0.476. The molecule has 6 aromatic rings. The fourth-order valence-corrected chi connectivity index (χ4v) is 17.8. The molecule has 19 N–H and O–H groups in total. The minimum absolute atomic E-state index is 0.0799. The molecule has 117 heavy (non-hydrogen) atoms. The predicted octanol–water partition coefficient (Wildman–Crippen LogP) is 6.26. The topological polar surface area (TPSA) is 479 Å². The van der Waals surface area contributed by atoms with Crippen molar-refractivity contribution in [1.82, 2.24) is 47.9 Å². The molecule has 10 aliphatic rings. The highest BCUT2D eigenvalue weighted by Crippen LogP contribution is 2.55. The third kappa shape index (κ3) is 19.2. The largest absolute Gasteiger partial charge is 0.508 e. The summed E-state index contributed by atoms with van der Waals surface area (Å²) in [6, 6.07) is 8.40. The predicted molar refractivity (Wildman–Crippen MR) is 424 cm³/mol. The van der Waals surface area contributed by atoms with Gasteiger partial charge in [-0.25, -0.2) is 0 Å². The van der Waals surface area contributed by atoms with Gasteiger partial charge in [0.25, 0.3) is 0 Å². The summed E-state index contributed by atoms with van der Waals surface area (Å²) in [7, 11) is 1.50. The van der Waals surface area contributed by atoms with Gasteiger partial charge in [0, 0.05) is 36.3 Å². The molecule has 0 unspecified atom stereocenters. The van der Waals surface area contributed by atoms with E-state index in [1.165, 1.54) is 62.4 Å². The van der Waals surface area contributed by atoms with Gasteiger partial charge >= 0.3 is 0 Å². The monoisotopic (exact) mass is 1650 g/mol. The van der Waals surface area contributed by atoms with E-state index >= 15 is 24.0 Å². The van der Waals surface area contributed by atoms with Gasteiger partial charge in [-0.2, -0.15) is 0 Å². The molecule has 14 atom stereocenters. The second-order valence-electron chi connectivity index (χ2n) is 32.0. The van der Waals surface area contributed by atoms with E-state index in [0.717, 1.165) is 99.7 Å². The van der Waals surface area contributed by atoms with Crippen LogP contribution in [0.3, 0.4) is 0 Å². The van der Waals surface area contributed by atoms with Crippen molar-refractivity contribution >= 4 is 70.5 Å². The van der Waals surface area contributed by atoms with Crippen molar-refractivity contribution in [2.75, 3.05) is 20.2 Å². The number of hydrogen-bond acceptors (Lipinski definition) is 23. The minimum atomic E-state index is -2.29. The molecule has 6 aromatic carbocycles. The number of phenolic OH excluding ortho intramolecular Hbond substituents is 3. The SMILES string of the molecule is CCCCCCCCOc1ccc(CNC[C@@H]2O[C@H](Oc3c4cc5cc3Oc3ccc(cc3Cl)[C@@H](O)[C@@H](NC(=O)[C@@H](CC(C)C)NC)C(=O)N[C@@H](CC(N)=O)C(=O)N[C@H]5C(=O)N[C@H]3C(=O)N[C@H](C(=O)N[C@H](C(=O)NC5C6CC7CC(C6)CC5C7)c5cc(O)cc(O)c5-c5cc3ccc5O)[C@H](O)c3ccc(c(Cl)c3)O4)[C@@H](O)[C@H](O)[C@H]2O)cc1.